The van der Waals surface area contributed by atoms with E-state index in [2.05, 4.69) is 44.0 Å². The van der Waals surface area contributed by atoms with Crippen molar-refractivity contribution in [2.45, 2.75) is 12.8 Å². The number of aromatic nitrogens is 2. The van der Waals surface area contributed by atoms with Crippen LogP contribution in [0.1, 0.15) is 12.0 Å². The lowest BCUT2D eigenvalue weighted by atomic mass is 9.96. The molecule has 1 saturated heterocycles. The maximum absolute atomic E-state index is 5.90. The molecule has 1 atom stereocenters. The van der Waals surface area contributed by atoms with Gasteiger partial charge in [0.2, 0.25) is 0 Å². The van der Waals surface area contributed by atoms with Crippen LogP contribution in [-0.2, 0) is 6.42 Å². The monoisotopic (exact) mass is 324 g/mol. The average Bonchev–Trinajstić information content (AvgIpc) is 2.85. The van der Waals surface area contributed by atoms with E-state index in [0.717, 1.165) is 63.7 Å². The summed E-state index contributed by atoms with van der Waals surface area (Å²) in [5.74, 6) is 2.75. The molecule has 1 aromatic carbocycles. The zero-order valence-electron chi connectivity index (χ0n) is 14.0. The van der Waals surface area contributed by atoms with Crippen molar-refractivity contribution in [2.75, 3.05) is 44.2 Å². The van der Waals surface area contributed by atoms with Gasteiger partial charge < -0.3 is 9.64 Å². The molecule has 0 radical (unpaired) electrons. The molecule has 0 saturated carbocycles. The Balaban J connectivity index is 1.32. The summed E-state index contributed by atoms with van der Waals surface area (Å²) < 4.78 is 5.90. The second-order valence-corrected chi connectivity index (χ2v) is 6.67. The number of fused-ring (bicyclic) bond motifs is 1. The number of benzene rings is 1. The minimum atomic E-state index is 0.678. The highest BCUT2D eigenvalue weighted by molar-refractivity contribution is 5.36. The van der Waals surface area contributed by atoms with Gasteiger partial charge in [0.25, 0.3) is 0 Å². The zero-order valence-corrected chi connectivity index (χ0v) is 14.0. The number of anilines is 1. The number of rotatable bonds is 3. The Labute approximate surface area is 143 Å². The molecule has 2 aliphatic heterocycles. The molecule has 5 heteroatoms. The third-order valence-corrected chi connectivity index (χ3v) is 5.03. The number of hydrogen-bond donors (Lipinski definition) is 0. The van der Waals surface area contributed by atoms with Gasteiger partial charge in [-0.15, -0.1) is 0 Å². The lowest BCUT2D eigenvalue weighted by molar-refractivity contribution is 0.200. The number of ether oxygens (including phenoxy) is 1. The van der Waals surface area contributed by atoms with E-state index in [1.807, 2.05) is 6.20 Å². The molecule has 2 aromatic rings. The number of para-hydroxylation sites is 1. The van der Waals surface area contributed by atoms with Crippen LogP contribution in [0.15, 0.2) is 42.9 Å². The molecule has 1 aromatic heterocycles. The lowest BCUT2D eigenvalue weighted by Gasteiger charge is -2.36. The van der Waals surface area contributed by atoms with Crippen molar-refractivity contribution in [3.05, 3.63) is 48.4 Å². The fraction of sp³-hybridized carbons (Fsp3) is 0.474. The molecule has 24 heavy (non-hydrogen) atoms. The molecule has 0 unspecified atom stereocenters. The van der Waals surface area contributed by atoms with Crippen LogP contribution in [0.25, 0.3) is 0 Å². The van der Waals surface area contributed by atoms with E-state index in [1.54, 1.807) is 12.4 Å². The van der Waals surface area contributed by atoms with Gasteiger partial charge in [0.15, 0.2) is 0 Å². The van der Waals surface area contributed by atoms with Crippen molar-refractivity contribution in [1.29, 1.82) is 0 Å². The van der Waals surface area contributed by atoms with Crippen LogP contribution in [-0.4, -0.2) is 54.2 Å². The van der Waals surface area contributed by atoms with Gasteiger partial charge in [-0.05, 0) is 30.4 Å². The lowest BCUT2D eigenvalue weighted by Crippen LogP contribution is -2.48. The van der Waals surface area contributed by atoms with Gasteiger partial charge >= 0.3 is 0 Å². The topological polar surface area (TPSA) is 41.5 Å². The minimum absolute atomic E-state index is 0.678. The van der Waals surface area contributed by atoms with Crippen molar-refractivity contribution in [2.24, 2.45) is 5.92 Å². The summed E-state index contributed by atoms with van der Waals surface area (Å²) in [6, 6.07) is 8.48. The maximum atomic E-state index is 5.90. The van der Waals surface area contributed by atoms with Crippen LogP contribution in [0.4, 0.5) is 5.82 Å². The molecule has 126 valence electrons. The molecule has 0 amide bonds. The Bertz CT molecular complexity index is 655. The Morgan fingerprint density at radius 1 is 1.08 bits per heavy atom. The standard InChI is InChI=1S/C19H24N4O/c1-2-4-18-17(3-1)13-16(5-12-24-18)15-22-8-10-23(11-9-22)19-14-20-6-7-21-19/h1-4,6-7,14,16H,5,8-13,15H2/t16-/m1/s1. The van der Waals surface area contributed by atoms with Crippen LogP contribution < -0.4 is 9.64 Å². The smallest absolute Gasteiger partial charge is 0.147 e. The number of hydrogen-bond acceptors (Lipinski definition) is 5. The number of nitrogens with zero attached hydrogens (tertiary/aromatic N) is 4. The second-order valence-electron chi connectivity index (χ2n) is 6.67. The van der Waals surface area contributed by atoms with Crippen molar-refractivity contribution in [3.8, 4) is 5.75 Å². The van der Waals surface area contributed by atoms with E-state index < -0.39 is 0 Å². The molecule has 0 bridgehead atoms. The first-order chi connectivity index (χ1) is 11.9. The number of piperazine rings is 1. The molecule has 0 aliphatic carbocycles. The van der Waals surface area contributed by atoms with Crippen LogP contribution in [0, 0.1) is 5.92 Å². The molecular weight excluding hydrogens is 300 g/mol. The summed E-state index contributed by atoms with van der Waals surface area (Å²) >= 11 is 0. The molecule has 0 N–H and O–H groups in total. The second kappa shape index (κ2) is 7.18. The normalized spacial score (nSPS) is 21.7. The van der Waals surface area contributed by atoms with E-state index in [-0.39, 0.29) is 0 Å². The predicted octanol–water partition coefficient (Wildman–Crippen LogP) is 2.24. The van der Waals surface area contributed by atoms with Gasteiger partial charge in [0.1, 0.15) is 11.6 Å². The van der Waals surface area contributed by atoms with Gasteiger partial charge in [-0.2, -0.15) is 0 Å². The van der Waals surface area contributed by atoms with E-state index in [4.69, 9.17) is 4.74 Å². The molecule has 4 rings (SSSR count). The molecule has 5 nitrogen and oxygen atoms in total. The third kappa shape index (κ3) is 3.51. The van der Waals surface area contributed by atoms with Gasteiger partial charge in [-0.25, -0.2) is 4.98 Å². The summed E-state index contributed by atoms with van der Waals surface area (Å²) in [6.45, 7) is 6.23. The summed E-state index contributed by atoms with van der Waals surface area (Å²) in [4.78, 5) is 13.5. The van der Waals surface area contributed by atoms with Crippen molar-refractivity contribution in [3.63, 3.8) is 0 Å². The Hall–Kier alpha value is -2.14. The highest BCUT2D eigenvalue weighted by atomic mass is 16.5. The summed E-state index contributed by atoms with van der Waals surface area (Å²) in [6.07, 6.45) is 7.62. The van der Waals surface area contributed by atoms with E-state index in [0.29, 0.717) is 5.92 Å². The van der Waals surface area contributed by atoms with Gasteiger partial charge in [-0.1, -0.05) is 18.2 Å². The minimum Gasteiger partial charge on any atom is -0.493 e. The fourth-order valence-corrected chi connectivity index (χ4v) is 3.70. The third-order valence-electron chi connectivity index (χ3n) is 5.03. The predicted molar refractivity (Wildman–Crippen MR) is 94.4 cm³/mol. The highest BCUT2D eigenvalue weighted by Gasteiger charge is 2.23. The molecular formula is C19H24N4O. The van der Waals surface area contributed by atoms with Crippen LogP contribution in [0.2, 0.25) is 0 Å². The van der Waals surface area contributed by atoms with Crippen molar-refractivity contribution < 1.29 is 4.74 Å². The quantitative estimate of drug-likeness (QED) is 0.866. The first-order valence-corrected chi connectivity index (χ1v) is 8.82. The summed E-state index contributed by atoms with van der Waals surface area (Å²) in [7, 11) is 0. The molecule has 1 fully saturated rings. The Morgan fingerprint density at radius 3 is 2.79 bits per heavy atom. The van der Waals surface area contributed by atoms with Crippen LogP contribution >= 0.6 is 0 Å². The maximum Gasteiger partial charge on any atom is 0.147 e. The zero-order chi connectivity index (χ0) is 16.2. The fourth-order valence-electron chi connectivity index (χ4n) is 3.70. The van der Waals surface area contributed by atoms with Crippen molar-refractivity contribution in [1.82, 2.24) is 14.9 Å². The van der Waals surface area contributed by atoms with E-state index in [9.17, 15) is 0 Å². The summed E-state index contributed by atoms with van der Waals surface area (Å²) in [5.41, 5.74) is 1.36. The molecule has 2 aliphatic rings. The first-order valence-electron chi connectivity index (χ1n) is 8.82. The average molecular weight is 324 g/mol. The Morgan fingerprint density at radius 2 is 1.96 bits per heavy atom. The van der Waals surface area contributed by atoms with E-state index in [1.165, 1.54) is 5.56 Å². The van der Waals surface area contributed by atoms with E-state index >= 15 is 0 Å². The SMILES string of the molecule is c1ccc2c(c1)C[C@H](CN1CCN(c3cnccn3)CC1)CCO2. The highest BCUT2D eigenvalue weighted by Crippen LogP contribution is 2.27. The first kappa shape index (κ1) is 15.4. The van der Waals surface area contributed by atoms with Crippen molar-refractivity contribution >= 4 is 5.82 Å². The van der Waals surface area contributed by atoms with Gasteiger partial charge in [0, 0.05) is 45.1 Å². The van der Waals surface area contributed by atoms with Gasteiger partial charge in [0.05, 0.1) is 12.8 Å². The van der Waals surface area contributed by atoms with Gasteiger partial charge in [-0.3, -0.25) is 9.88 Å². The summed E-state index contributed by atoms with van der Waals surface area (Å²) in [5, 5.41) is 0. The van der Waals surface area contributed by atoms with Crippen LogP contribution in [0.5, 0.6) is 5.75 Å². The van der Waals surface area contributed by atoms with Crippen LogP contribution in [0.3, 0.4) is 0 Å². The molecule has 0 spiro atoms. The largest absolute Gasteiger partial charge is 0.493 e. The molecule has 3 heterocycles. The Kier molecular flexibility index (Phi) is 4.60.